The molecule has 2 rings (SSSR count). The lowest BCUT2D eigenvalue weighted by atomic mass is 10.2. The van der Waals surface area contributed by atoms with E-state index in [2.05, 4.69) is 33.2 Å². The monoisotopic (exact) mass is 430 g/mol. The van der Waals surface area contributed by atoms with Gasteiger partial charge in [0.2, 0.25) is 0 Å². The summed E-state index contributed by atoms with van der Waals surface area (Å²) >= 11 is 13.3. The molecule has 0 fully saturated rings. The van der Waals surface area contributed by atoms with Gasteiger partial charge >= 0.3 is 0 Å². The van der Waals surface area contributed by atoms with Gasteiger partial charge in [-0.3, -0.25) is 10.1 Å². The highest BCUT2D eigenvalue weighted by Crippen LogP contribution is 2.22. The summed E-state index contributed by atoms with van der Waals surface area (Å²) in [5.74, 6) is -0.239. The van der Waals surface area contributed by atoms with Crippen LogP contribution in [0.2, 0.25) is 5.02 Å². The Hall–Kier alpha value is -1.18. The Morgan fingerprint density at radius 3 is 2.62 bits per heavy atom. The van der Waals surface area contributed by atoms with Gasteiger partial charge in [0.1, 0.15) is 0 Å². The molecule has 108 valence electrons. The Kier molecular flexibility index (Phi) is 5.55. The number of amides is 1. The molecule has 0 aliphatic rings. The third-order valence-corrected chi connectivity index (χ3v) is 4.42. The Morgan fingerprint density at radius 1 is 1.19 bits per heavy atom. The summed E-state index contributed by atoms with van der Waals surface area (Å²) in [6, 6.07) is 12.8. The quantitative estimate of drug-likeness (QED) is 0.549. The maximum absolute atomic E-state index is 12.1. The highest BCUT2D eigenvalue weighted by molar-refractivity contribution is 14.1. The summed E-state index contributed by atoms with van der Waals surface area (Å²) in [6.07, 6.45) is 0. The molecule has 0 spiro atoms. The zero-order valence-corrected chi connectivity index (χ0v) is 14.8. The van der Waals surface area contributed by atoms with Crippen molar-refractivity contribution in [2.45, 2.75) is 6.92 Å². The number of carbonyl (C=O) groups excluding carboxylic acids is 1. The van der Waals surface area contributed by atoms with Crippen molar-refractivity contribution in [2.24, 2.45) is 0 Å². The van der Waals surface area contributed by atoms with Gasteiger partial charge in [-0.25, -0.2) is 0 Å². The number of carbonyl (C=O) groups is 1. The van der Waals surface area contributed by atoms with Crippen molar-refractivity contribution < 1.29 is 4.79 Å². The predicted octanol–water partition coefficient (Wildman–Crippen LogP) is 4.38. The molecule has 2 aromatic carbocycles. The molecule has 0 aromatic heterocycles. The average Bonchev–Trinajstić information content (AvgIpc) is 2.44. The molecule has 2 N–H and O–H groups in total. The molecule has 0 saturated heterocycles. The van der Waals surface area contributed by atoms with Crippen molar-refractivity contribution in [1.82, 2.24) is 5.32 Å². The summed E-state index contributed by atoms with van der Waals surface area (Å²) in [5, 5.41) is 6.54. The summed E-state index contributed by atoms with van der Waals surface area (Å²) in [5.41, 5.74) is 2.24. The fourth-order valence-corrected chi connectivity index (χ4v) is 2.72. The van der Waals surface area contributed by atoms with E-state index >= 15 is 0 Å². The van der Waals surface area contributed by atoms with E-state index in [1.807, 2.05) is 37.3 Å². The van der Waals surface area contributed by atoms with Crippen LogP contribution in [0.3, 0.4) is 0 Å². The smallest absolute Gasteiger partial charge is 0.258 e. The maximum atomic E-state index is 12.1. The minimum atomic E-state index is -0.239. The van der Waals surface area contributed by atoms with Crippen molar-refractivity contribution in [1.29, 1.82) is 0 Å². The van der Waals surface area contributed by atoms with Crippen LogP contribution in [0.1, 0.15) is 15.9 Å². The Morgan fingerprint density at radius 2 is 1.90 bits per heavy atom. The lowest BCUT2D eigenvalue weighted by Crippen LogP contribution is -2.34. The first-order chi connectivity index (χ1) is 9.99. The highest BCUT2D eigenvalue weighted by atomic mass is 127. The van der Waals surface area contributed by atoms with Crippen LogP contribution in [0.25, 0.3) is 0 Å². The number of nitrogens with one attached hydrogen (secondary N) is 2. The van der Waals surface area contributed by atoms with Crippen LogP contribution in [0.15, 0.2) is 42.5 Å². The topological polar surface area (TPSA) is 41.1 Å². The van der Waals surface area contributed by atoms with Crippen LogP contribution in [-0.2, 0) is 0 Å². The van der Waals surface area contributed by atoms with Crippen LogP contribution in [-0.4, -0.2) is 11.0 Å². The fraction of sp³-hybridized carbons (Fsp3) is 0.0667. The Labute approximate surface area is 147 Å². The molecule has 2 aromatic rings. The molecule has 0 atom stereocenters. The molecule has 0 aliphatic carbocycles. The van der Waals surface area contributed by atoms with Gasteiger partial charge in [0.15, 0.2) is 5.11 Å². The number of hydrogen-bond donors (Lipinski definition) is 2. The average molecular weight is 431 g/mol. The van der Waals surface area contributed by atoms with Crippen LogP contribution >= 0.6 is 46.4 Å². The van der Waals surface area contributed by atoms with Crippen molar-refractivity contribution in [3.63, 3.8) is 0 Å². The zero-order valence-electron chi connectivity index (χ0n) is 11.1. The molecular weight excluding hydrogens is 419 g/mol. The number of anilines is 1. The van der Waals surface area contributed by atoms with Crippen LogP contribution in [0, 0.1) is 10.5 Å². The molecule has 0 saturated carbocycles. The summed E-state index contributed by atoms with van der Waals surface area (Å²) in [7, 11) is 0. The summed E-state index contributed by atoms with van der Waals surface area (Å²) in [6.45, 7) is 1.88. The number of hydrogen-bond acceptors (Lipinski definition) is 2. The fourth-order valence-electron chi connectivity index (χ4n) is 1.71. The van der Waals surface area contributed by atoms with Crippen molar-refractivity contribution >= 4 is 63.1 Å². The normalized spacial score (nSPS) is 10.0. The van der Waals surface area contributed by atoms with E-state index in [0.29, 0.717) is 10.6 Å². The van der Waals surface area contributed by atoms with E-state index in [4.69, 9.17) is 23.8 Å². The largest absolute Gasteiger partial charge is 0.332 e. The van der Waals surface area contributed by atoms with Gasteiger partial charge < -0.3 is 5.32 Å². The molecule has 21 heavy (non-hydrogen) atoms. The lowest BCUT2D eigenvalue weighted by Gasteiger charge is -2.12. The molecule has 6 heteroatoms. The first-order valence-corrected chi connectivity index (χ1v) is 7.97. The van der Waals surface area contributed by atoms with Crippen LogP contribution < -0.4 is 10.6 Å². The third kappa shape index (κ3) is 4.15. The zero-order chi connectivity index (χ0) is 15.4. The second-order valence-corrected chi connectivity index (χ2v) is 6.28. The second kappa shape index (κ2) is 7.20. The van der Waals surface area contributed by atoms with E-state index in [1.54, 1.807) is 12.1 Å². The molecule has 0 aliphatic heterocycles. The highest BCUT2D eigenvalue weighted by Gasteiger charge is 2.11. The molecular formula is C15H12ClIN2OS. The molecule has 0 unspecified atom stereocenters. The van der Waals surface area contributed by atoms with Crippen molar-refractivity contribution in [2.75, 3.05) is 5.32 Å². The van der Waals surface area contributed by atoms with E-state index in [-0.39, 0.29) is 11.0 Å². The first-order valence-electron chi connectivity index (χ1n) is 6.11. The molecule has 0 radical (unpaired) electrons. The van der Waals surface area contributed by atoms with Crippen molar-refractivity contribution in [3.05, 3.63) is 62.2 Å². The standard InChI is InChI=1S/C15H12ClIN2OS/c1-9-11(16)6-4-8-13(9)18-15(21)19-14(20)10-5-2-3-7-12(10)17/h2-8H,1H3,(H2,18,19,20,21). The van der Waals surface area contributed by atoms with Crippen molar-refractivity contribution in [3.8, 4) is 0 Å². The minimum absolute atomic E-state index is 0.239. The molecule has 0 bridgehead atoms. The Balaban J connectivity index is 2.07. The van der Waals surface area contributed by atoms with Gasteiger partial charge in [0.25, 0.3) is 5.91 Å². The SMILES string of the molecule is Cc1c(Cl)cccc1NC(=S)NC(=O)c1ccccc1I. The van der Waals surface area contributed by atoms with Gasteiger partial charge in [-0.15, -0.1) is 0 Å². The number of benzene rings is 2. The number of halogens is 2. The second-order valence-electron chi connectivity index (χ2n) is 4.30. The van der Waals surface area contributed by atoms with Gasteiger partial charge in [0, 0.05) is 14.3 Å². The summed E-state index contributed by atoms with van der Waals surface area (Å²) < 4.78 is 0.870. The Bertz CT molecular complexity index is 706. The van der Waals surface area contributed by atoms with Gasteiger partial charge in [-0.05, 0) is 71.6 Å². The van der Waals surface area contributed by atoms with E-state index in [9.17, 15) is 4.79 Å². The third-order valence-electron chi connectivity index (χ3n) is 2.86. The van der Waals surface area contributed by atoms with Gasteiger partial charge in [-0.2, -0.15) is 0 Å². The van der Waals surface area contributed by atoms with Gasteiger partial charge in [-0.1, -0.05) is 29.8 Å². The predicted molar refractivity (Wildman–Crippen MR) is 99.0 cm³/mol. The van der Waals surface area contributed by atoms with Crippen LogP contribution in [0.4, 0.5) is 5.69 Å². The summed E-state index contributed by atoms with van der Waals surface area (Å²) in [4.78, 5) is 12.1. The van der Waals surface area contributed by atoms with Crippen LogP contribution in [0.5, 0.6) is 0 Å². The lowest BCUT2D eigenvalue weighted by molar-refractivity contribution is 0.0977. The number of thiocarbonyl (C=S) groups is 1. The van der Waals surface area contributed by atoms with Gasteiger partial charge in [0.05, 0.1) is 5.56 Å². The van der Waals surface area contributed by atoms with E-state index < -0.39 is 0 Å². The molecule has 1 amide bonds. The number of rotatable bonds is 2. The molecule has 3 nitrogen and oxygen atoms in total. The first kappa shape index (κ1) is 16.2. The van der Waals surface area contributed by atoms with E-state index in [1.165, 1.54) is 0 Å². The minimum Gasteiger partial charge on any atom is -0.332 e. The van der Waals surface area contributed by atoms with E-state index in [0.717, 1.165) is 14.8 Å². The maximum Gasteiger partial charge on any atom is 0.258 e. The molecule has 0 heterocycles.